The predicted molar refractivity (Wildman–Crippen MR) is 76.4 cm³/mol. The topological polar surface area (TPSA) is 41.1 Å². The van der Waals surface area contributed by atoms with Crippen LogP contribution in [0.4, 0.5) is 11.8 Å². The Balaban J connectivity index is 2.23. The second-order valence-electron chi connectivity index (χ2n) is 5.07. The van der Waals surface area contributed by atoms with Crippen LogP contribution in [0.1, 0.15) is 33.6 Å². The van der Waals surface area contributed by atoms with Crippen molar-refractivity contribution >= 4 is 23.4 Å². The predicted octanol–water partition coefficient (Wildman–Crippen LogP) is 3.19. The maximum absolute atomic E-state index is 6.24. The van der Waals surface area contributed by atoms with E-state index >= 15 is 0 Å². The van der Waals surface area contributed by atoms with E-state index in [2.05, 4.69) is 34.0 Å². The molecule has 5 heteroatoms. The minimum Gasteiger partial charge on any atom is -0.354 e. The lowest BCUT2D eigenvalue weighted by Crippen LogP contribution is -2.41. The van der Waals surface area contributed by atoms with Gasteiger partial charge < -0.3 is 10.2 Å². The van der Waals surface area contributed by atoms with Crippen LogP contribution in [0, 0.1) is 5.92 Å². The molecule has 0 bridgehead atoms. The van der Waals surface area contributed by atoms with Crippen molar-refractivity contribution in [2.45, 2.75) is 39.7 Å². The first-order chi connectivity index (χ1) is 8.61. The number of hydrogen-bond donors (Lipinski definition) is 1. The average molecular weight is 269 g/mol. The number of anilines is 2. The van der Waals surface area contributed by atoms with Gasteiger partial charge >= 0.3 is 0 Å². The summed E-state index contributed by atoms with van der Waals surface area (Å²) in [5.41, 5.74) is 0. The van der Waals surface area contributed by atoms with Gasteiger partial charge in [0, 0.05) is 19.1 Å². The minimum absolute atomic E-state index is 0.482. The normalized spacial score (nSPS) is 24.1. The van der Waals surface area contributed by atoms with Crippen molar-refractivity contribution in [1.82, 2.24) is 9.97 Å². The van der Waals surface area contributed by atoms with Crippen LogP contribution >= 0.6 is 11.6 Å². The van der Waals surface area contributed by atoms with Gasteiger partial charge in [0.2, 0.25) is 5.95 Å². The van der Waals surface area contributed by atoms with Crippen LogP contribution in [-0.2, 0) is 0 Å². The Hall–Kier alpha value is -1.03. The lowest BCUT2D eigenvalue weighted by Gasteiger charge is -2.37. The Kier molecular flexibility index (Phi) is 4.27. The molecule has 0 aliphatic carbocycles. The third-order valence-electron chi connectivity index (χ3n) is 3.47. The Bertz CT molecular complexity index is 410. The monoisotopic (exact) mass is 268 g/mol. The van der Waals surface area contributed by atoms with E-state index in [1.807, 2.05) is 6.92 Å². The number of nitrogens with zero attached hydrogens (tertiary/aromatic N) is 3. The van der Waals surface area contributed by atoms with Crippen molar-refractivity contribution in [2.75, 3.05) is 23.3 Å². The fraction of sp³-hybridized carbons (Fsp3) is 0.692. The van der Waals surface area contributed by atoms with E-state index in [1.54, 1.807) is 6.20 Å². The Morgan fingerprint density at radius 1 is 1.50 bits per heavy atom. The maximum atomic E-state index is 6.24. The zero-order valence-electron chi connectivity index (χ0n) is 11.3. The molecule has 18 heavy (non-hydrogen) atoms. The number of halogens is 1. The van der Waals surface area contributed by atoms with Crippen LogP contribution < -0.4 is 10.2 Å². The highest BCUT2D eigenvalue weighted by atomic mass is 35.5. The van der Waals surface area contributed by atoms with Crippen molar-refractivity contribution in [2.24, 2.45) is 5.92 Å². The molecule has 0 radical (unpaired) electrons. The van der Waals surface area contributed by atoms with Crippen LogP contribution in [0.15, 0.2) is 6.20 Å². The number of nitrogens with one attached hydrogen (secondary N) is 1. The lowest BCUT2D eigenvalue weighted by molar-refractivity contribution is 0.376. The van der Waals surface area contributed by atoms with Crippen LogP contribution in [-0.4, -0.2) is 29.1 Å². The van der Waals surface area contributed by atoms with Gasteiger partial charge in [-0.3, -0.25) is 0 Å². The molecular weight excluding hydrogens is 248 g/mol. The second kappa shape index (κ2) is 5.74. The molecule has 0 spiro atoms. The molecular formula is C13H21ClN4. The van der Waals surface area contributed by atoms with Gasteiger partial charge in [-0.2, -0.15) is 4.98 Å². The van der Waals surface area contributed by atoms with Gasteiger partial charge in [0.15, 0.2) is 5.82 Å². The first-order valence-electron chi connectivity index (χ1n) is 6.64. The molecule has 1 aromatic rings. The van der Waals surface area contributed by atoms with Crippen molar-refractivity contribution in [3.05, 3.63) is 11.2 Å². The quantitative estimate of drug-likeness (QED) is 0.914. The zero-order chi connectivity index (χ0) is 13.1. The molecule has 0 amide bonds. The molecule has 2 atom stereocenters. The van der Waals surface area contributed by atoms with Crippen LogP contribution in [0.2, 0.25) is 5.02 Å². The van der Waals surface area contributed by atoms with Crippen LogP contribution in [0.25, 0.3) is 0 Å². The fourth-order valence-corrected chi connectivity index (χ4v) is 2.72. The molecule has 0 aromatic carbocycles. The highest BCUT2D eigenvalue weighted by Gasteiger charge is 2.25. The molecule has 1 N–H and O–H groups in total. The van der Waals surface area contributed by atoms with Gasteiger partial charge in [-0.1, -0.05) is 18.5 Å². The molecule has 1 fully saturated rings. The van der Waals surface area contributed by atoms with E-state index in [9.17, 15) is 0 Å². The van der Waals surface area contributed by atoms with Crippen molar-refractivity contribution in [3.8, 4) is 0 Å². The van der Waals surface area contributed by atoms with Crippen LogP contribution in [0.5, 0.6) is 0 Å². The Morgan fingerprint density at radius 3 is 2.94 bits per heavy atom. The number of rotatable bonds is 3. The summed E-state index contributed by atoms with van der Waals surface area (Å²) in [7, 11) is 0. The summed E-state index contributed by atoms with van der Waals surface area (Å²) in [6, 6.07) is 0.482. The molecule has 100 valence electrons. The van der Waals surface area contributed by atoms with Gasteiger partial charge in [-0.15, -0.1) is 0 Å². The Morgan fingerprint density at radius 2 is 2.28 bits per heavy atom. The van der Waals surface area contributed by atoms with Gasteiger partial charge in [0.05, 0.1) is 6.20 Å². The summed E-state index contributed by atoms with van der Waals surface area (Å²) in [5, 5.41) is 3.77. The summed E-state index contributed by atoms with van der Waals surface area (Å²) in [4.78, 5) is 11.0. The Labute approximate surface area is 114 Å². The molecule has 2 unspecified atom stereocenters. The summed E-state index contributed by atoms with van der Waals surface area (Å²) in [6.07, 6.45) is 4.07. The van der Waals surface area contributed by atoms with E-state index in [-0.39, 0.29) is 0 Å². The van der Waals surface area contributed by atoms with Gasteiger partial charge in [-0.05, 0) is 32.6 Å². The number of aromatic nitrogens is 2. The standard InChI is InChI=1S/C13H21ClN4/c1-4-15-13-16-8-11(14)12(17-13)18-6-5-9(2)7-10(18)3/h8-10H,4-7H2,1-3H3,(H,15,16,17). The molecule has 2 heterocycles. The highest BCUT2D eigenvalue weighted by Crippen LogP contribution is 2.31. The van der Waals surface area contributed by atoms with E-state index < -0.39 is 0 Å². The van der Waals surface area contributed by atoms with Crippen molar-refractivity contribution < 1.29 is 0 Å². The van der Waals surface area contributed by atoms with E-state index in [0.29, 0.717) is 17.0 Å². The van der Waals surface area contributed by atoms with Gasteiger partial charge in [-0.25, -0.2) is 4.98 Å². The van der Waals surface area contributed by atoms with Crippen molar-refractivity contribution in [1.29, 1.82) is 0 Å². The summed E-state index contributed by atoms with van der Waals surface area (Å²) in [5.74, 6) is 2.30. The van der Waals surface area contributed by atoms with E-state index in [1.165, 1.54) is 12.8 Å². The zero-order valence-corrected chi connectivity index (χ0v) is 12.0. The molecule has 1 saturated heterocycles. The fourth-order valence-electron chi connectivity index (χ4n) is 2.52. The van der Waals surface area contributed by atoms with Crippen LogP contribution in [0.3, 0.4) is 0 Å². The summed E-state index contributed by atoms with van der Waals surface area (Å²) < 4.78 is 0. The number of hydrogen-bond acceptors (Lipinski definition) is 4. The minimum atomic E-state index is 0.482. The summed E-state index contributed by atoms with van der Waals surface area (Å²) >= 11 is 6.24. The molecule has 1 aliphatic rings. The molecule has 2 rings (SSSR count). The highest BCUT2D eigenvalue weighted by molar-refractivity contribution is 6.32. The maximum Gasteiger partial charge on any atom is 0.224 e. The molecule has 4 nitrogen and oxygen atoms in total. The smallest absolute Gasteiger partial charge is 0.224 e. The molecule has 1 aromatic heterocycles. The summed E-state index contributed by atoms with van der Waals surface area (Å²) in [6.45, 7) is 8.40. The third-order valence-corrected chi connectivity index (χ3v) is 3.74. The second-order valence-corrected chi connectivity index (χ2v) is 5.47. The van der Waals surface area contributed by atoms with E-state index in [4.69, 9.17) is 11.6 Å². The first-order valence-corrected chi connectivity index (χ1v) is 7.02. The van der Waals surface area contributed by atoms with Gasteiger partial charge in [0.25, 0.3) is 0 Å². The third kappa shape index (κ3) is 2.86. The SMILES string of the molecule is CCNc1ncc(Cl)c(N2CCC(C)CC2C)n1. The molecule has 0 saturated carbocycles. The lowest BCUT2D eigenvalue weighted by atomic mass is 9.93. The van der Waals surface area contributed by atoms with Crippen molar-refractivity contribution in [3.63, 3.8) is 0 Å². The van der Waals surface area contributed by atoms with Gasteiger partial charge in [0.1, 0.15) is 5.02 Å². The first kappa shape index (κ1) is 13.4. The average Bonchev–Trinajstić information content (AvgIpc) is 2.33. The van der Waals surface area contributed by atoms with E-state index in [0.717, 1.165) is 24.8 Å². The molecule has 1 aliphatic heterocycles. The number of piperidine rings is 1. The largest absolute Gasteiger partial charge is 0.354 e.